The third-order valence-electron chi connectivity index (χ3n) is 5.21. The van der Waals surface area contributed by atoms with E-state index in [0.29, 0.717) is 44.1 Å². The molecule has 162 valence electrons. The molecule has 1 aliphatic heterocycles. The Labute approximate surface area is 181 Å². The zero-order valence-corrected chi connectivity index (χ0v) is 18.0. The Kier molecular flexibility index (Phi) is 6.17. The molecule has 0 radical (unpaired) electrons. The van der Waals surface area contributed by atoms with Crippen molar-refractivity contribution in [1.29, 1.82) is 0 Å². The molecule has 1 amide bonds. The topological polar surface area (TPSA) is 93.5 Å². The highest BCUT2D eigenvalue weighted by Crippen LogP contribution is 2.20. The molecule has 0 aliphatic carbocycles. The van der Waals surface area contributed by atoms with Crippen molar-refractivity contribution in [2.75, 3.05) is 31.6 Å². The molecular weight excluding hydrogens is 416 g/mol. The van der Waals surface area contributed by atoms with E-state index in [0.717, 1.165) is 11.4 Å². The molecule has 1 fully saturated rings. The van der Waals surface area contributed by atoms with Gasteiger partial charge in [-0.2, -0.15) is 4.31 Å². The second kappa shape index (κ2) is 9.01. The summed E-state index contributed by atoms with van der Waals surface area (Å²) in [5.41, 5.74) is 2.12. The highest BCUT2D eigenvalue weighted by atomic mass is 32.2. The summed E-state index contributed by atoms with van der Waals surface area (Å²) < 4.78 is 34.0. The number of hydrogen-bond acceptors (Lipinski definition) is 5. The Hall–Kier alpha value is -3.01. The van der Waals surface area contributed by atoms with Gasteiger partial charge in [0.1, 0.15) is 5.82 Å². The van der Waals surface area contributed by atoms with E-state index in [9.17, 15) is 13.2 Å². The molecule has 1 saturated heterocycles. The normalized spacial score (nSPS) is 15.0. The summed E-state index contributed by atoms with van der Waals surface area (Å²) in [5.74, 6) is 0.676. The smallest absolute Gasteiger partial charge is 0.255 e. The van der Waals surface area contributed by atoms with Gasteiger partial charge in [-0.05, 0) is 48.9 Å². The zero-order chi connectivity index (χ0) is 21.8. The Bertz CT molecular complexity index is 1150. The van der Waals surface area contributed by atoms with Crippen molar-refractivity contribution in [2.24, 2.45) is 0 Å². The lowest BCUT2D eigenvalue weighted by atomic mass is 10.1. The number of benzene rings is 2. The van der Waals surface area contributed by atoms with Crippen LogP contribution in [0.25, 0.3) is 0 Å². The first kappa shape index (κ1) is 21.2. The first-order chi connectivity index (χ1) is 14.9. The molecule has 1 aliphatic rings. The summed E-state index contributed by atoms with van der Waals surface area (Å²) in [6.07, 6.45) is 3.67. The van der Waals surface area contributed by atoms with E-state index in [1.807, 2.05) is 29.8 Å². The Morgan fingerprint density at radius 2 is 1.74 bits per heavy atom. The number of ether oxygens (including phenoxy) is 1. The fourth-order valence-electron chi connectivity index (χ4n) is 3.38. The predicted octanol–water partition coefficient (Wildman–Crippen LogP) is 2.51. The van der Waals surface area contributed by atoms with Gasteiger partial charge in [0.05, 0.1) is 18.1 Å². The summed E-state index contributed by atoms with van der Waals surface area (Å²) in [7, 11) is -3.55. The van der Waals surface area contributed by atoms with Crippen LogP contribution in [-0.4, -0.2) is 54.5 Å². The van der Waals surface area contributed by atoms with Crippen LogP contribution < -0.4 is 5.32 Å². The van der Waals surface area contributed by atoms with Gasteiger partial charge in [0.25, 0.3) is 5.91 Å². The third kappa shape index (κ3) is 4.84. The number of sulfonamides is 1. The van der Waals surface area contributed by atoms with Gasteiger partial charge in [0.2, 0.25) is 10.0 Å². The van der Waals surface area contributed by atoms with E-state index in [1.165, 1.54) is 16.4 Å². The van der Waals surface area contributed by atoms with Gasteiger partial charge in [-0.1, -0.05) is 12.1 Å². The monoisotopic (exact) mass is 440 g/mol. The molecule has 0 bridgehead atoms. The van der Waals surface area contributed by atoms with Gasteiger partial charge in [-0.25, -0.2) is 13.4 Å². The molecule has 0 atom stereocenters. The molecule has 9 heteroatoms. The van der Waals surface area contributed by atoms with E-state index in [4.69, 9.17) is 4.74 Å². The number of carbonyl (C=O) groups is 1. The Morgan fingerprint density at radius 1 is 1.06 bits per heavy atom. The van der Waals surface area contributed by atoms with Crippen LogP contribution in [0.15, 0.2) is 65.8 Å². The van der Waals surface area contributed by atoms with Crippen molar-refractivity contribution >= 4 is 21.6 Å². The molecule has 0 unspecified atom stereocenters. The molecule has 31 heavy (non-hydrogen) atoms. The molecular formula is C22H24N4O4S. The number of morpholine rings is 1. The van der Waals surface area contributed by atoms with Crippen LogP contribution in [0.5, 0.6) is 0 Å². The number of carbonyl (C=O) groups excluding carboxylic acids is 1. The summed E-state index contributed by atoms with van der Waals surface area (Å²) in [6.45, 7) is 4.11. The largest absolute Gasteiger partial charge is 0.379 e. The molecule has 0 spiro atoms. The first-order valence-electron chi connectivity index (χ1n) is 9.99. The van der Waals surface area contributed by atoms with Gasteiger partial charge in [0.15, 0.2) is 0 Å². The van der Waals surface area contributed by atoms with Crippen LogP contribution in [0.4, 0.5) is 5.69 Å². The van der Waals surface area contributed by atoms with E-state index in [1.54, 1.807) is 30.5 Å². The number of anilines is 1. The van der Waals surface area contributed by atoms with Crippen molar-refractivity contribution < 1.29 is 17.9 Å². The number of nitrogens with zero attached hydrogens (tertiary/aromatic N) is 3. The minimum Gasteiger partial charge on any atom is -0.379 e. The van der Waals surface area contributed by atoms with Gasteiger partial charge in [-0.3, -0.25) is 4.79 Å². The second-order valence-electron chi connectivity index (χ2n) is 7.29. The lowest BCUT2D eigenvalue weighted by Crippen LogP contribution is -2.40. The van der Waals surface area contributed by atoms with Gasteiger partial charge in [-0.15, -0.1) is 0 Å². The predicted molar refractivity (Wildman–Crippen MR) is 116 cm³/mol. The average molecular weight is 441 g/mol. The summed E-state index contributed by atoms with van der Waals surface area (Å²) in [4.78, 5) is 17.0. The fourth-order valence-corrected chi connectivity index (χ4v) is 4.79. The van der Waals surface area contributed by atoms with E-state index >= 15 is 0 Å². The number of aryl methyl sites for hydroxylation is 1. The van der Waals surface area contributed by atoms with E-state index in [-0.39, 0.29) is 10.8 Å². The molecule has 2 aromatic carbocycles. The quantitative estimate of drug-likeness (QED) is 0.636. The van der Waals surface area contributed by atoms with E-state index < -0.39 is 10.0 Å². The zero-order valence-electron chi connectivity index (χ0n) is 17.2. The maximum atomic E-state index is 12.7. The van der Waals surface area contributed by atoms with Crippen LogP contribution >= 0.6 is 0 Å². The maximum absolute atomic E-state index is 12.7. The average Bonchev–Trinajstić information content (AvgIpc) is 3.19. The first-order valence-corrected chi connectivity index (χ1v) is 11.4. The Balaban J connectivity index is 1.40. The fraction of sp³-hybridized carbons (Fsp3) is 0.273. The van der Waals surface area contributed by atoms with Crippen molar-refractivity contribution in [3.05, 3.63) is 77.9 Å². The minimum atomic E-state index is -3.55. The number of amides is 1. The number of rotatable bonds is 6. The molecule has 1 aromatic heterocycles. The SMILES string of the molecule is Cc1nccn1Cc1ccc(C(=O)Nc2ccc(S(=O)(=O)N3CCOCC3)cc2)cc1. The summed E-state index contributed by atoms with van der Waals surface area (Å²) in [5, 5.41) is 2.81. The van der Waals surface area contributed by atoms with Crippen molar-refractivity contribution in [1.82, 2.24) is 13.9 Å². The van der Waals surface area contributed by atoms with Crippen LogP contribution in [0.1, 0.15) is 21.7 Å². The highest BCUT2D eigenvalue weighted by molar-refractivity contribution is 7.89. The molecule has 0 saturated carbocycles. The standard InChI is InChI=1S/C22H24N4O4S/c1-17-23-10-11-25(17)16-18-2-4-19(5-3-18)22(27)24-20-6-8-21(9-7-20)31(28,29)26-12-14-30-15-13-26/h2-11H,12-16H2,1H3,(H,24,27). The molecule has 1 N–H and O–H groups in total. The molecule has 8 nitrogen and oxygen atoms in total. The highest BCUT2D eigenvalue weighted by Gasteiger charge is 2.26. The number of aromatic nitrogens is 2. The summed E-state index contributed by atoms with van der Waals surface area (Å²) in [6, 6.07) is 13.6. The van der Waals surface area contributed by atoms with Crippen LogP contribution in [0, 0.1) is 6.92 Å². The third-order valence-corrected chi connectivity index (χ3v) is 7.13. The van der Waals surface area contributed by atoms with Crippen LogP contribution in [0.2, 0.25) is 0 Å². The Morgan fingerprint density at radius 3 is 2.35 bits per heavy atom. The maximum Gasteiger partial charge on any atom is 0.255 e. The molecule has 3 aromatic rings. The molecule has 2 heterocycles. The van der Waals surface area contributed by atoms with Crippen molar-refractivity contribution in [2.45, 2.75) is 18.4 Å². The minimum absolute atomic E-state index is 0.201. The van der Waals surface area contributed by atoms with Gasteiger partial charge < -0.3 is 14.6 Å². The summed E-state index contributed by atoms with van der Waals surface area (Å²) >= 11 is 0. The number of hydrogen-bond donors (Lipinski definition) is 1. The lowest BCUT2D eigenvalue weighted by Gasteiger charge is -2.26. The second-order valence-corrected chi connectivity index (χ2v) is 9.23. The number of imidazole rings is 1. The van der Waals surface area contributed by atoms with Gasteiger partial charge >= 0.3 is 0 Å². The van der Waals surface area contributed by atoms with E-state index in [2.05, 4.69) is 10.3 Å². The van der Waals surface area contributed by atoms with Crippen LogP contribution in [0.3, 0.4) is 0 Å². The van der Waals surface area contributed by atoms with Crippen molar-refractivity contribution in [3.8, 4) is 0 Å². The van der Waals surface area contributed by atoms with Crippen LogP contribution in [-0.2, 0) is 21.3 Å². The number of nitrogens with one attached hydrogen (secondary N) is 1. The van der Waals surface area contributed by atoms with Gasteiger partial charge in [0, 0.05) is 43.3 Å². The molecule has 4 rings (SSSR count). The lowest BCUT2D eigenvalue weighted by molar-refractivity contribution is 0.0730. The van der Waals surface area contributed by atoms with Crippen molar-refractivity contribution in [3.63, 3.8) is 0 Å².